The fourth-order valence-corrected chi connectivity index (χ4v) is 2.87. The lowest BCUT2D eigenvalue weighted by Gasteiger charge is -2.11. The first-order valence-corrected chi connectivity index (χ1v) is 7.76. The predicted molar refractivity (Wildman–Crippen MR) is 81.1 cm³/mol. The van der Waals surface area contributed by atoms with E-state index in [-0.39, 0.29) is 5.56 Å². The van der Waals surface area contributed by atoms with Crippen molar-refractivity contribution in [1.82, 2.24) is 14.6 Å². The van der Waals surface area contributed by atoms with E-state index in [1.807, 2.05) is 13.8 Å². The van der Waals surface area contributed by atoms with E-state index < -0.39 is 12.0 Å². The third kappa shape index (κ3) is 3.57. The summed E-state index contributed by atoms with van der Waals surface area (Å²) in [7, 11) is 0. The average molecular weight is 310 g/mol. The van der Waals surface area contributed by atoms with Gasteiger partial charge in [0.05, 0.1) is 0 Å². The van der Waals surface area contributed by atoms with E-state index in [0.29, 0.717) is 16.5 Å². The lowest BCUT2D eigenvalue weighted by atomic mass is 10.2. The van der Waals surface area contributed by atoms with Gasteiger partial charge in [-0.05, 0) is 12.8 Å². The van der Waals surface area contributed by atoms with Gasteiger partial charge in [0, 0.05) is 11.8 Å². The molecule has 1 atom stereocenters. The van der Waals surface area contributed by atoms with Crippen LogP contribution in [-0.4, -0.2) is 31.7 Å². The molecule has 2 heterocycles. The van der Waals surface area contributed by atoms with Crippen molar-refractivity contribution in [3.63, 3.8) is 0 Å². The average Bonchev–Trinajstić information content (AvgIpc) is 2.82. The summed E-state index contributed by atoms with van der Waals surface area (Å²) in [4.78, 5) is 28.0. The minimum atomic E-state index is -0.928. The fourth-order valence-electron chi connectivity index (χ4n) is 1.99. The number of aliphatic carboxylic acids is 1. The molecule has 2 rings (SSSR count). The van der Waals surface area contributed by atoms with Gasteiger partial charge in [0.15, 0.2) is 0 Å². The van der Waals surface area contributed by atoms with Crippen LogP contribution in [0.15, 0.2) is 10.9 Å². The molecule has 0 aliphatic rings. The summed E-state index contributed by atoms with van der Waals surface area (Å²) >= 11 is 1.19. The molecule has 0 fully saturated rings. The Bertz CT molecular complexity index is 694. The number of hydrogen-bond acceptors (Lipinski definition) is 6. The molecule has 1 unspecified atom stereocenters. The normalized spacial score (nSPS) is 12.5. The minimum absolute atomic E-state index is 0.241. The first-order chi connectivity index (χ1) is 10.0. The standard InChI is InChI=1S/C13H18N4O3S/c1-3-5-8-7-10(18)17-13(14-8)21-12(16-17)15-9(6-4-2)11(19)20/h7,9H,3-6H2,1-2H3,(H,15,16)(H,19,20). The van der Waals surface area contributed by atoms with Crippen molar-refractivity contribution in [2.24, 2.45) is 0 Å². The first-order valence-electron chi connectivity index (χ1n) is 6.94. The van der Waals surface area contributed by atoms with Crippen LogP contribution < -0.4 is 10.9 Å². The number of rotatable bonds is 7. The molecule has 114 valence electrons. The number of carboxylic acids is 1. The van der Waals surface area contributed by atoms with Gasteiger partial charge in [-0.1, -0.05) is 38.0 Å². The maximum Gasteiger partial charge on any atom is 0.326 e. The second-order valence-electron chi connectivity index (χ2n) is 4.76. The maximum absolute atomic E-state index is 12.0. The molecular weight excluding hydrogens is 292 g/mol. The Hall–Kier alpha value is -1.96. The highest BCUT2D eigenvalue weighted by Crippen LogP contribution is 2.19. The fraction of sp³-hybridized carbons (Fsp3) is 0.538. The lowest BCUT2D eigenvalue weighted by molar-refractivity contribution is -0.138. The van der Waals surface area contributed by atoms with Crippen molar-refractivity contribution < 1.29 is 9.90 Å². The van der Waals surface area contributed by atoms with Crippen molar-refractivity contribution in [2.45, 2.75) is 45.6 Å². The molecule has 8 heteroatoms. The quantitative estimate of drug-likeness (QED) is 0.809. The van der Waals surface area contributed by atoms with Crippen LogP contribution in [0.1, 0.15) is 38.8 Å². The first kappa shape index (κ1) is 15.4. The van der Waals surface area contributed by atoms with Crippen molar-refractivity contribution in [3.05, 3.63) is 22.1 Å². The van der Waals surface area contributed by atoms with E-state index in [2.05, 4.69) is 15.4 Å². The van der Waals surface area contributed by atoms with Crippen LogP contribution in [0.5, 0.6) is 0 Å². The lowest BCUT2D eigenvalue weighted by Crippen LogP contribution is -2.29. The largest absolute Gasteiger partial charge is 0.480 e. The van der Waals surface area contributed by atoms with Gasteiger partial charge in [-0.15, -0.1) is 5.10 Å². The summed E-state index contributed by atoms with van der Waals surface area (Å²) in [5.41, 5.74) is 0.496. The summed E-state index contributed by atoms with van der Waals surface area (Å²) in [5.74, 6) is -0.928. The number of nitrogens with zero attached hydrogens (tertiary/aromatic N) is 3. The summed E-state index contributed by atoms with van der Waals surface area (Å²) < 4.78 is 1.21. The highest BCUT2D eigenvalue weighted by Gasteiger charge is 2.18. The number of aromatic nitrogens is 3. The van der Waals surface area contributed by atoms with Gasteiger partial charge < -0.3 is 10.4 Å². The van der Waals surface area contributed by atoms with E-state index >= 15 is 0 Å². The predicted octanol–water partition coefficient (Wildman–Crippen LogP) is 1.77. The zero-order valence-corrected chi connectivity index (χ0v) is 12.8. The van der Waals surface area contributed by atoms with Gasteiger partial charge in [0.1, 0.15) is 6.04 Å². The van der Waals surface area contributed by atoms with Crippen molar-refractivity contribution >= 4 is 27.4 Å². The van der Waals surface area contributed by atoms with Gasteiger partial charge in [0.2, 0.25) is 10.1 Å². The van der Waals surface area contributed by atoms with Crippen LogP contribution in [0.2, 0.25) is 0 Å². The van der Waals surface area contributed by atoms with E-state index in [4.69, 9.17) is 5.11 Å². The smallest absolute Gasteiger partial charge is 0.326 e. The van der Waals surface area contributed by atoms with Gasteiger partial charge in [-0.25, -0.2) is 9.78 Å². The molecule has 0 spiro atoms. The van der Waals surface area contributed by atoms with Gasteiger partial charge >= 0.3 is 5.97 Å². The topological polar surface area (TPSA) is 96.6 Å². The number of aryl methyl sites for hydroxylation is 1. The summed E-state index contributed by atoms with van der Waals surface area (Å²) in [6.45, 7) is 3.93. The highest BCUT2D eigenvalue weighted by atomic mass is 32.1. The molecule has 0 radical (unpaired) electrons. The zero-order valence-electron chi connectivity index (χ0n) is 12.0. The van der Waals surface area contributed by atoms with E-state index in [1.165, 1.54) is 21.9 Å². The van der Waals surface area contributed by atoms with Gasteiger partial charge in [0.25, 0.3) is 5.56 Å². The number of fused-ring (bicyclic) bond motifs is 1. The Balaban J connectivity index is 2.32. The minimum Gasteiger partial charge on any atom is -0.480 e. The zero-order chi connectivity index (χ0) is 15.4. The Labute approximate surface area is 125 Å². The Morgan fingerprint density at radius 3 is 2.86 bits per heavy atom. The summed E-state index contributed by atoms with van der Waals surface area (Å²) in [6, 6.07) is 0.766. The molecule has 0 amide bonds. The van der Waals surface area contributed by atoms with E-state index in [0.717, 1.165) is 25.0 Å². The molecule has 0 saturated carbocycles. The van der Waals surface area contributed by atoms with Crippen LogP contribution in [0.25, 0.3) is 4.96 Å². The number of carbonyl (C=O) groups is 1. The second kappa shape index (κ2) is 6.66. The summed E-state index contributed by atoms with van der Waals surface area (Å²) in [5, 5.41) is 16.5. The Kier molecular flexibility index (Phi) is 4.89. The molecule has 0 aliphatic carbocycles. The molecule has 0 saturated heterocycles. The molecule has 2 aromatic heterocycles. The van der Waals surface area contributed by atoms with Crippen LogP contribution in [0.3, 0.4) is 0 Å². The van der Waals surface area contributed by atoms with Crippen LogP contribution >= 0.6 is 11.3 Å². The van der Waals surface area contributed by atoms with E-state index in [1.54, 1.807) is 0 Å². The molecule has 2 N–H and O–H groups in total. The number of nitrogens with one attached hydrogen (secondary N) is 1. The maximum atomic E-state index is 12.0. The molecule has 0 aromatic carbocycles. The molecule has 21 heavy (non-hydrogen) atoms. The third-order valence-electron chi connectivity index (χ3n) is 2.98. The van der Waals surface area contributed by atoms with Gasteiger partial charge in [-0.2, -0.15) is 4.52 Å². The molecule has 0 bridgehead atoms. The third-order valence-corrected chi connectivity index (χ3v) is 3.82. The SMILES string of the molecule is CCCc1cc(=O)n2nc(NC(CCC)C(=O)O)sc2n1. The van der Waals surface area contributed by atoms with Crippen molar-refractivity contribution in [1.29, 1.82) is 0 Å². The molecule has 2 aromatic rings. The van der Waals surface area contributed by atoms with Gasteiger partial charge in [-0.3, -0.25) is 4.79 Å². The number of anilines is 1. The molecule has 0 aliphatic heterocycles. The van der Waals surface area contributed by atoms with Crippen LogP contribution in [-0.2, 0) is 11.2 Å². The molecular formula is C13H18N4O3S. The highest BCUT2D eigenvalue weighted by molar-refractivity contribution is 7.20. The Morgan fingerprint density at radius 1 is 1.48 bits per heavy atom. The van der Waals surface area contributed by atoms with Crippen molar-refractivity contribution in [3.8, 4) is 0 Å². The van der Waals surface area contributed by atoms with Crippen molar-refractivity contribution in [2.75, 3.05) is 5.32 Å². The number of carboxylic acid groups (broad SMARTS) is 1. The summed E-state index contributed by atoms with van der Waals surface area (Å²) in [6.07, 6.45) is 2.88. The van der Waals surface area contributed by atoms with E-state index in [9.17, 15) is 9.59 Å². The van der Waals surface area contributed by atoms with Crippen LogP contribution in [0, 0.1) is 0 Å². The van der Waals surface area contributed by atoms with Crippen LogP contribution in [0.4, 0.5) is 5.13 Å². The Morgan fingerprint density at radius 2 is 2.24 bits per heavy atom. The monoisotopic (exact) mass is 310 g/mol. The number of hydrogen-bond donors (Lipinski definition) is 2. The second-order valence-corrected chi connectivity index (χ2v) is 5.72. The molecule has 7 nitrogen and oxygen atoms in total.